The van der Waals surface area contributed by atoms with Gasteiger partial charge in [-0.2, -0.15) is 0 Å². The lowest BCUT2D eigenvalue weighted by atomic mass is 10.1. The highest BCUT2D eigenvalue weighted by atomic mass is 19.1. The van der Waals surface area contributed by atoms with Crippen LogP contribution in [0.1, 0.15) is 11.3 Å². The Balaban J connectivity index is 1.38. The number of barbiturate groups is 1. The number of ether oxygens (including phenoxy) is 1. The van der Waals surface area contributed by atoms with Gasteiger partial charge < -0.3 is 14.5 Å². The minimum absolute atomic E-state index is 0.116. The molecule has 2 N–H and O–H groups in total. The Morgan fingerprint density at radius 1 is 1.06 bits per heavy atom. The molecule has 0 unspecified atom stereocenters. The molecule has 2 heterocycles. The molecule has 10 heteroatoms. The molecular weight excluding hydrogens is 445 g/mol. The monoisotopic (exact) mass is 463 g/mol. The van der Waals surface area contributed by atoms with Crippen LogP contribution in [-0.2, 0) is 20.9 Å². The lowest BCUT2D eigenvalue weighted by Crippen LogP contribution is -2.53. The van der Waals surface area contributed by atoms with Gasteiger partial charge in [-0.1, -0.05) is 12.1 Å². The molecule has 1 saturated heterocycles. The van der Waals surface area contributed by atoms with Gasteiger partial charge in [0.1, 0.15) is 22.9 Å². The summed E-state index contributed by atoms with van der Waals surface area (Å²) in [6.07, 6.45) is 2.77. The summed E-state index contributed by atoms with van der Waals surface area (Å²) >= 11 is 0. The Bertz CT molecular complexity index is 1250. The van der Waals surface area contributed by atoms with Crippen molar-refractivity contribution in [2.45, 2.75) is 6.54 Å². The summed E-state index contributed by atoms with van der Waals surface area (Å²) in [6, 6.07) is 14.0. The maximum absolute atomic E-state index is 12.9. The standard InChI is InChI=1S/C24H18FN3O6/c25-16-5-7-17(8-6-16)26-21(29)14-34-18-9-3-15(4-10-18)12-20-22(30)27-24(32)28(23(20)31)13-19-2-1-11-33-19/h1-12H,13-14H2,(H,26,29)(H,27,30,32). The SMILES string of the molecule is O=C(COc1ccc(C=C2C(=O)NC(=O)N(Cc3ccco3)C2=O)cc1)Nc1ccc(F)cc1. The summed E-state index contributed by atoms with van der Waals surface area (Å²) in [5.41, 5.74) is 0.736. The number of carbonyl (C=O) groups excluding carboxylic acids is 4. The first-order valence-electron chi connectivity index (χ1n) is 10.1. The molecule has 34 heavy (non-hydrogen) atoms. The molecule has 0 spiro atoms. The molecule has 172 valence electrons. The van der Waals surface area contributed by atoms with Gasteiger partial charge >= 0.3 is 6.03 Å². The Morgan fingerprint density at radius 2 is 1.79 bits per heavy atom. The zero-order valence-electron chi connectivity index (χ0n) is 17.6. The zero-order valence-corrected chi connectivity index (χ0v) is 17.6. The average molecular weight is 463 g/mol. The summed E-state index contributed by atoms with van der Waals surface area (Å²) in [5, 5.41) is 4.71. The molecule has 0 aliphatic carbocycles. The number of amides is 5. The fourth-order valence-corrected chi connectivity index (χ4v) is 3.10. The zero-order chi connectivity index (χ0) is 24.1. The number of nitrogens with zero attached hydrogens (tertiary/aromatic N) is 1. The van der Waals surface area contributed by atoms with E-state index in [0.717, 1.165) is 4.90 Å². The number of nitrogens with one attached hydrogen (secondary N) is 2. The summed E-state index contributed by atoms with van der Waals surface area (Å²) in [6.45, 7) is -0.391. The number of rotatable bonds is 7. The molecule has 0 saturated carbocycles. The van der Waals surface area contributed by atoms with E-state index in [1.54, 1.807) is 36.4 Å². The number of hydrogen-bond acceptors (Lipinski definition) is 6. The third kappa shape index (κ3) is 5.36. The molecule has 2 aromatic carbocycles. The van der Waals surface area contributed by atoms with E-state index in [1.165, 1.54) is 36.6 Å². The molecule has 5 amide bonds. The number of urea groups is 1. The van der Waals surface area contributed by atoms with E-state index in [2.05, 4.69) is 10.6 Å². The first-order valence-corrected chi connectivity index (χ1v) is 10.1. The van der Waals surface area contributed by atoms with Crippen molar-refractivity contribution in [1.29, 1.82) is 0 Å². The van der Waals surface area contributed by atoms with Gasteiger partial charge in [0.15, 0.2) is 6.61 Å². The number of imide groups is 2. The van der Waals surface area contributed by atoms with E-state index in [-0.39, 0.29) is 18.7 Å². The molecule has 1 aliphatic heterocycles. The summed E-state index contributed by atoms with van der Waals surface area (Å²) < 4.78 is 23.5. The van der Waals surface area contributed by atoms with Crippen molar-refractivity contribution in [2.24, 2.45) is 0 Å². The van der Waals surface area contributed by atoms with Gasteiger partial charge in [-0.05, 0) is 60.2 Å². The topological polar surface area (TPSA) is 118 Å². The van der Waals surface area contributed by atoms with Crippen molar-refractivity contribution >= 4 is 35.5 Å². The van der Waals surface area contributed by atoms with Gasteiger partial charge in [0.2, 0.25) is 0 Å². The molecule has 1 aromatic heterocycles. The van der Waals surface area contributed by atoms with E-state index in [9.17, 15) is 23.6 Å². The molecule has 1 fully saturated rings. The van der Waals surface area contributed by atoms with Crippen LogP contribution in [0.3, 0.4) is 0 Å². The van der Waals surface area contributed by atoms with Crippen molar-refractivity contribution in [3.8, 4) is 5.75 Å². The van der Waals surface area contributed by atoms with Gasteiger partial charge in [-0.25, -0.2) is 9.18 Å². The van der Waals surface area contributed by atoms with Crippen LogP contribution < -0.4 is 15.4 Å². The number of halogens is 1. The third-order valence-electron chi connectivity index (χ3n) is 4.77. The average Bonchev–Trinajstić information content (AvgIpc) is 3.34. The van der Waals surface area contributed by atoms with Crippen molar-refractivity contribution in [1.82, 2.24) is 10.2 Å². The third-order valence-corrected chi connectivity index (χ3v) is 4.77. The van der Waals surface area contributed by atoms with Gasteiger partial charge in [0.05, 0.1) is 12.8 Å². The first-order chi connectivity index (χ1) is 16.4. The Labute approximate surface area is 192 Å². The van der Waals surface area contributed by atoms with Gasteiger partial charge in [-0.3, -0.25) is 24.6 Å². The van der Waals surface area contributed by atoms with Crippen LogP contribution >= 0.6 is 0 Å². The highest BCUT2D eigenvalue weighted by molar-refractivity contribution is 6.30. The molecule has 0 bridgehead atoms. The van der Waals surface area contributed by atoms with Crippen molar-refractivity contribution < 1.29 is 32.7 Å². The molecule has 9 nitrogen and oxygen atoms in total. The molecule has 0 radical (unpaired) electrons. The van der Waals surface area contributed by atoms with E-state index in [1.807, 2.05) is 0 Å². The van der Waals surface area contributed by atoms with E-state index < -0.39 is 29.6 Å². The number of anilines is 1. The summed E-state index contributed by atoms with van der Waals surface area (Å²) in [4.78, 5) is 49.9. The van der Waals surface area contributed by atoms with Crippen LogP contribution in [0.4, 0.5) is 14.9 Å². The van der Waals surface area contributed by atoms with Gasteiger partial charge in [-0.15, -0.1) is 0 Å². The molecule has 1 aliphatic rings. The second-order valence-corrected chi connectivity index (χ2v) is 7.20. The first kappa shape index (κ1) is 22.5. The number of furan rings is 1. The predicted molar refractivity (Wildman–Crippen MR) is 118 cm³/mol. The maximum Gasteiger partial charge on any atom is 0.331 e. The van der Waals surface area contributed by atoms with E-state index in [0.29, 0.717) is 22.8 Å². The lowest BCUT2D eigenvalue weighted by molar-refractivity contribution is -0.130. The van der Waals surface area contributed by atoms with Crippen LogP contribution in [0.25, 0.3) is 6.08 Å². The number of benzene rings is 2. The second-order valence-electron chi connectivity index (χ2n) is 7.20. The fourth-order valence-electron chi connectivity index (χ4n) is 3.10. The maximum atomic E-state index is 12.9. The van der Waals surface area contributed by atoms with Crippen LogP contribution in [0.5, 0.6) is 5.75 Å². The predicted octanol–water partition coefficient (Wildman–Crippen LogP) is 3.10. The Morgan fingerprint density at radius 3 is 2.47 bits per heavy atom. The Kier molecular flexibility index (Phi) is 6.49. The molecule has 0 atom stereocenters. The van der Waals surface area contributed by atoms with E-state index >= 15 is 0 Å². The molecule has 4 rings (SSSR count). The van der Waals surface area contributed by atoms with E-state index in [4.69, 9.17) is 9.15 Å². The number of carbonyl (C=O) groups is 4. The highest BCUT2D eigenvalue weighted by Gasteiger charge is 2.36. The Hall–Kier alpha value is -4.73. The smallest absolute Gasteiger partial charge is 0.331 e. The van der Waals surface area contributed by atoms with Crippen LogP contribution in [0.2, 0.25) is 0 Å². The largest absolute Gasteiger partial charge is 0.484 e. The quantitative estimate of drug-likeness (QED) is 0.411. The normalized spacial score (nSPS) is 14.8. The molecule has 3 aromatic rings. The minimum atomic E-state index is -0.828. The lowest BCUT2D eigenvalue weighted by Gasteiger charge is -2.25. The van der Waals surface area contributed by atoms with Crippen molar-refractivity contribution in [2.75, 3.05) is 11.9 Å². The summed E-state index contributed by atoms with van der Waals surface area (Å²) in [7, 11) is 0. The van der Waals surface area contributed by atoms with Crippen LogP contribution in [0, 0.1) is 5.82 Å². The van der Waals surface area contributed by atoms with Crippen molar-refractivity contribution in [3.05, 3.63) is 89.6 Å². The van der Waals surface area contributed by atoms with Crippen LogP contribution in [-0.4, -0.2) is 35.3 Å². The second kappa shape index (κ2) is 9.82. The van der Waals surface area contributed by atoms with Crippen molar-refractivity contribution in [3.63, 3.8) is 0 Å². The van der Waals surface area contributed by atoms with Gasteiger partial charge in [0, 0.05) is 5.69 Å². The number of hydrogen-bond donors (Lipinski definition) is 2. The highest BCUT2D eigenvalue weighted by Crippen LogP contribution is 2.19. The fraction of sp³-hybridized carbons (Fsp3) is 0.0833. The molecular formula is C24H18FN3O6. The minimum Gasteiger partial charge on any atom is -0.484 e. The summed E-state index contributed by atoms with van der Waals surface area (Å²) in [5.74, 6) is -1.61. The van der Waals surface area contributed by atoms with Gasteiger partial charge in [0.25, 0.3) is 17.7 Å². The van der Waals surface area contributed by atoms with Crippen LogP contribution in [0.15, 0.2) is 76.9 Å².